The summed E-state index contributed by atoms with van der Waals surface area (Å²) in [6, 6.07) is 14.3. The number of allylic oxidation sites excluding steroid dienone is 4. The van der Waals surface area contributed by atoms with Gasteiger partial charge in [0, 0.05) is 35.5 Å². The van der Waals surface area contributed by atoms with Crippen LogP contribution in [0.4, 0.5) is 11.4 Å². The van der Waals surface area contributed by atoms with Gasteiger partial charge in [-0.2, -0.15) is 0 Å². The normalized spacial score (nSPS) is 19.0. The van der Waals surface area contributed by atoms with Crippen LogP contribution < -0.4 is 9.80 Å². The summed E-state index contributed by atoms with van der Waals surface area (Å²) in [7, 11) is 0. The second-order valence-corrected chi connectivity index (χ2v) is 9.03. The van der Waals surface area contributed by atoms with E-state index < -0.39 is 0 Å². The van der Waals surface area contributed by atoms with Crippen molar-refractivity contribution in [2.75, 3.05) is 9.80 Å². The number of amides is 4. The maximum atomic E-state index is 13.4. The minimum absolute atomic E-state index is 0.0638. The van der Waals surface area contributed by atoms with Crippen molar-refractivity contribution >= 4 is 51.9 Å². The number of ketones is 1. The van der Waals surface area contributed by atoms with Crippen LogP contribution in [0.1, 0.15) is 36.8 Å². The van der Waals surface area contributed by atoms with Crippen LogP contribution in [0, 0.1) is 0 Å². The van der Waals surface area contributed by atoms with E-state index in [1.165, 1.54) is 24.3 Å². The Bertz CT molecular complexity index is 1350. The topological polar surface area (TPSA) is 91.8 Å². The lowest BCUT2D eigenvalue weighted by Gasteiger charge is -2.29. The Morgan fingerprint density at radius 3 is 1.11 bits per heavy atom. The zero-order valence-electron chi connectivity index (χ0n) is 19.2. The summed E-state index contributed by atoms with van der Waals surface area (Å²) >= 11 is 0. The second-order valence-electron chi connectivity index (χ2n) is 9.03. The van der Waals surface area contributed by atoms with Gasteiger partial charge in [-0.25, -0.2) is 9.80 Å². The van der Waals surface area contributed by atoms with Crippen LogP contribution >= 0.6 is 0 Å². The second kappa shape index (κ2) is 8.23. The van der Waals surface area contributed by atoms with Crippen molar-refractivity contribution in [3.63, 3.8) is 0 Å². The lowest BCUT2D eigenvalue weighted by Crippen LogP contribution is -2.29. The molecular weight excluding hydrogens is 456 g/mol. The van der Waals surface area contributed by atoms with E-state index in [-0.39, 0.29) is 29.4 Å². The molecule has 7 nitrogen and oxygen atoms in total. The molecule has 0 saturated carbocycles. The standard InChI is InChI=1S/C29H20N2O5/c32-25-13-14-26(33)30(25)19-5-1-17(2-6-19)21-9-11-23(21)29(36)24-12-10-22(24)18-3-7-20(8-4-18)31-27(34)15-16-28(31)35/h1-8,13-16H,9-12H2. The molecule has 2 heterocycles. The average Bonchev–Trinajstić information content (AvgIpc) is 3.33. The van der Waals surface area contributed by atoms with E-state index in [0.29, 0.717) is 24.2 Å². The molecule has 0 saturated heterocycles. The molecule has 0 atom stereocenters. The highest BCUT2D eigenvalue weighted by Gasteiger charge is 2.33. The Hall–Kier alpha value is -4.65. The van der Waals surface area contributed by atoms with Gasteiger partial charge in [-0.15, -0.1) is 0 Å². The fourth-order valence-corrected chi connectivity index (χ4v) is 5.00. The number of hydrogen-bond donors (Lipinski definition) is 0. The van der Waals surface area contributed by atoms with E-state index >= 15 is 0 Å². The first-order valence-corrected chi connectivity index (χ1v) is 11.7. The van der Waals surface area contributed by atoms with E-state index in [0.717, 1.165) is 56.1 Å². The van der Waals surface area contributed by atoms with E-state index in [4.69, 9.17) is 0 Å². The zero-order chi connectivity index (χ0) is 25.0. The lowest BCUT2D eigenvalue weighted by atomic mass is 9.74. The Labute approximate surface area is 206 Å². The van der Waals surface area contributed by atoms with Crippen molar-refractivity contribution in [2.24, 2.45) is 0 Å². The maximum Gasteiger partial charge on any atom is 0.258 e. The third-order valence-corrected chi connectivity index (χ3v) is 7.09. The zero-order valence-corrected chi connectivity index (χ0v) is 19.2. The fraction of sp³-hybridized carbons (Fsp3) is 0.138. The van der Waals surface area contributed by atoms with E-state index in [1.807, 2.05) is 24.3 Å². The van der Waals surface area contributed by atoms with Gasteiger partial charge in [0.05, 0.1) is 11.4 Å². The fourth-order valence-electron chi connectivity index (χ4n) is 5.00. The van der Waals surface area contributed by atoms with Crippen LogP contribution in [0.15, 0.2) is 84.0 Å². The first kappa shape index (κ1) is 21.9. The molecule has 2 aromatic rings. The molecule has 4 aliphatic rings. The van der Waals surface area contributed by atoms with Crippen LogP contribution in [-0.4, -0.2) is 29.4 Å². The van der Waals surface area contributed by atoms with Crippen LogP contribution in [0.2, 0.25) is 0 Å². The van der Waals surface area contributed by atoms with Gasteiger partial charge in [0.15, 0.2) is 5.78 Å². The number of anilines is 2. The summed E-state index contributed by atoms with van der Waals surface area (Å²) in [5.41, 5.74) is 6.45. The average molecular weight is 476 g/mol. The lowest BCUT2D eigenvalue weighted by molar-refractivity contribution is -0.121. The number of hydrogen-bond acceptors (Lipinski definition) is 5. The molecule has 0 aromatic heterocycles. The highest BCUT2D eigenvalue weighted by atomic mass is 16.2. The molecule has 7 heteroatoms. The van der Waals surface area contributed by atoms with Crippen molar-refractivity contribution in [1.29, 1.82) is 0 Å². The Morgan fingerprint density at radius 2 is 0.833 bits per heavy atom. The molecule has 0 bridgehead atoms. The van der Waals surface area contributed by atoms with Gasteiger partial charge in [-0.3, -0.25) is 24.0 Å². The van der Waals surface area contributed by atoms with Gasteiger partial charge in [0.1, 0.15) is 0 Å². The molecule has 0 N–H and O–H groups in total. The van der Waals surface area contributed by atoms with Gasteiger partial charge in [0.2, 0.25) is 0 Å². The van der Waals surface area contributed by atoms with Gasteiger partial charge in [-0.1, -0.05) is 24.3 Å². The first-order chi connectivity index (χ1) is 17.4. The Kier molecular flexibility index (Phi) is 5.00. The number of Topliss-reactive ketones (excluding diaryl/α,β-unsaturated/α-hetero) is 1. The SMILES string of the molecule is O=C(C1=C(c2ccc(N3C(=O)C=CC3=O)cc2)CC1)C1=C(c2ccc(N3C(=O)C=CC3=O)cc2)CC1. The van der Waals surface area contributed by atoms with Crippen LogP contribution in [0.3, 0.4) is 0 Å². The molecule has 36 heavy (non-hydrogen) atoms. The third-order valence-electron chi connectivity index (χ3n) is 7.09. The molecule has 4 amide bonds. The summed E-state index contributed by atoms with van der Waals surface area (Å²) in [5.74, 6) is -1.38. The summed E-state index contributed by atoms with van der Waals surface area (Å²) in [5, 5.41) is 0. The Morgan fingerprint density at radius 1 is 0.500 bits per heavy atom. The van der Waals surface area contributed by atoms with Crippen molar-refractivity contribution in [2.45, 2.75) is 25.7 Å². The summed E-state index contributed by atoms with van der Waals surface area (Å²) in [6.45, 7) is 0. The minimum atomic E-state index is -0.362. The van der Waals surface area contributed by atoms with Crippen molar-refractivity contribution in [3.8, 4) is 0 Å². The van der Waals surface area contributed by atoms with Crippen LogP contribution in [0.5, 0.6) is 0 Å². The summed E-state index contributed by atoms with van der Waals surface area (Å²) in [6.07, 6.45) is 8.03. The van der Waals surface area contributed by atoms with Gasteiger partial charge < -0.3 is 0 Å². The van der Waals surface area contributed by atoms with E-state index in [9.17, 15) is 24.0 Å². The predicted octanol–water partition coefficient (Wildman–Crippen LogP) is 3.91. The quantitative estimate of drug-likeness (QED) is 0.590. The number of carbonyl (C=O) groups is 5. The van der Waals surface area contributed by atoms with Gasteiger partial charge >= 0.3 is 0 Å². The van der Waals surface area contributed by atoms with Crippen LogP contribution in [-0.2, 0) is 24.0 Å². The molecule has 0 spiro atoms. The molecule has 0 unspecified atom stereocenters. The predicted molar refractivity (Wildman–Crippen MR) is 133 cm³/mol. The van der Waals surface area contributed by atoms with E-state index in [1.54, 1.807) is 24.3 Å². The molecule has 2 aliphatic carbocycles. The van der Waals surface area contributed by atoms with E-state index in [2.05, 4.69) is 0 Å². The molecule has 176 valence electrons. The summed E-state index contributed by atoms with van der Waals surface area (Å²) < 4.78 is 0. The van der Waals surface area contributed by atoms with Gasteiger partial charge in [0.25, 0.3) is 23.6 Å². The number of benzene rings is 2. The molecule has 6 rings (SSSR count). The monoisotopic (exact) mass is 476 g/mol. The third kappa shape index (κ3) is 3.40. The molecule has 2 aromatic carbocycles. The largest absolute Gasteiger partial charge is 0.289 e. The molecule has 2 aliphatic heterocycles. The number of rotatable bonds is 6. The molecule has 0 radical (unpaired) electrons. The minimum Gasteiger partial charge on any atom is -0.289 e. The smallest absolute Gasteiger partial charge is 0.258 e. The number of carbonyl (C=O) groups excluding carboxylic acids is 5. The van der Waals surface area contributed by atoms with Crippen molar-refractivity contribution in [3.05, 3.63) is 95.1 Å². The maximum absolute atomic E-state index is 13.4. The first-order valence-electron chi connectivity index (χ1n) is 11.7. The van der Waals surface area contributed by atoms with Crippen molar-refractivity contribution in [1.82, 2.24) is 0 Å². The highest BCUT2D eigenvalue weighted by Crippen LogP contribution is 2.44. The van der Waals surface area contributed by atoms with Gasteiger partial charge in [-0.05, 0) is 72.2 Å². The highest BCUT2D eigenvalue weighted by molar-refractivity contribution is 6.29. The number of imide groups is 2. The number of nitrogens with zero attached hydrogens (tertiary/aromatic N) is 2. The summed E-state index contributed by atoms with van der Waals surface area (Å²) in [4.78, 5) is 63.3. The Balaban J connectivity index is 1.23. The molecule has 0 fully saturated rings. The van der Waals surface area contributed by atoms with Crippen molar-refractivity contribution < 1.29 is 24.0 Å². The van der Waals surface area contributed by atoms with Crippen LogP contribution in [0.25, 0.3) is 11.1 Å². The molecular formula is C29H20N2O5.